The van der Waals surface area contributed by atoms with E-state index in [0.29, 0.717) is 41.1 Å². The molecular formula is C12H15Cl2N5O. The summed E-state index contributed by atoms with van der Waals surface area (Å²) in [5.41, 5.74) is 1.11. The molecule has 0 bridgehead atoms. The smallest absolute Gasteiger partial charge is 0.271 e. The lowest BCUT2D eigenvalue weighted by Crippen LogP contribution is -2.25. The van der Waals surface area contributed by atoms with Crippen molar-refractivity contribution in [1.82, 2.24) is 24.9 Å². The fourth-order valence-corrected chi connectivity index (χ4v) is 2.13. The predicted molar refractivity (Wildman–Crippen MR) is 77.1 cm³/mol. The normalized spacial score (nSPS) is 10.8. The topological polar surface area (TPSA) is 64.7 Å². The van der Waals surface area contributed by atoms with E-state index in [1.165, 1.54) is 0 Å². The van der Waals surface area contributed by atoms with Gasteiger partial charge in [0.05, 0.1) is 5.69 Å². The molecule has 2 aromatic heterocycles. The Morgan fingerprint density at radius 1 is 1.40 bits per heavy atom. The van der Waals surface area contributed by atoms with Gasteiger partial charge in [-0.25, -0.2) is 0 Å². The number of carbonyl (C=O) groups excluding carboxylic acids is 1. The van der Waals surface area contributed by atoms with Gasteiger partial charge in [-0.1, -0.05) is 23.2 Å². The molecular weight excluding hydrogens is 301 g/mol. The summed E-state index contributed by atoms with van der Waals surface area (Å²) in [5.74, 6) is -0.189. The third-order valence-electron chi connectivity index (χ3n) is 2.77. The lowest BCUT2D eigenvalue weighted by atomic mass is 10.3. The molecule has 1 N–H and O–H groups in total. The number of aromatic nitrogens is 4. The van der Waals surface area contributed by atoms with Crippen molar-refractivity contribution in [3.63, 3.8) is 0 Å². The van der Waals surface area contributed by atoms with Crippen LogP contribution in [0.5, 0.6) is 0 Å². The number of hydrogen-bond acceptors (Lipinski definition) is 3. The standard InChI is InChI=1S/C12H15Cl2N5O/c1-8-10(13)11(14)19(16-8)6-3-5-15-12(20)9-4-7-18(2)17-9/h4,7H,3,5-6H2,1-2H3,(H,15,20). The molecule has 0 saturated carbocycles. The minimum atomic E-state index is -0.189. The van der Waals surface area contributed by atoms with E-state index in [1.54, 1.807) is 35.6 Å². The van der Waals surface area contributed by atoms with E-state index in [4.69, 9.17) is 23.2 Å². The highest BCUT2D eigenvalue weighted by Gasteiger charge is 2.11. The second-order valence-corrected chi connectivity index (χ2v) is 5.13. The molecule has 0 aromatic carbocycles. The highest BCUT2D eigenvalue weighted by molar-refractivity contribution is 6.41. The van der Waals surface area contributed by atoms with E-state index in [2.05, 4.69) is 15.5 Å². The zero-order valence-corrected chi connectivity index (χ0v) is 12.7. The quantitative estimate of drug-likeness (QED) is 0.859. The minimum absolute atomic E-state index is 0.189. The highest BCUT2D eigenvalue weighted by Crippen LogP contribution is 2.24. The summed E-state index contributed by atoms with van der Waals surface area (Å²) >= 11 is 12.0. The van der Waals surface area contributed by atoms with Gasteiger partial charge in [-0.05, 0) is 19.4 Å². The molecule has 0 unspecified atom stereocenters. The van der Waals surface area contributed by atoms with Crippen molar-refractivity contribution in [3.05, 3.63) is 33.8 Å². The molecule has 0 atom stereocenters. The van der Waals surface area contributed by atoms with Gasteiger partial charge < -0.3 is 5.32 Å². The largest absolute Gasteiger partial charge is 0.351 e. The first kappa shape index (κ1) is 14.9. The minimum Gasteiger partial charge on any atom is -0.351 e. The van der Waals surface area contributed by atoms with E-state index in [1.807, 2.05) is 0 Å². The first-order chi connectivity index (χ1) is 9.49. The van der Waals surface area contributed by atoms with Gasteiger partial charge in [0.2, 0.25) is 0 Å². The molecule has 6 nitrogen and oxygen atoms in total. The van der Waals surface area contributed by atoms with Crippen molar-refractivity contribution >= 4 is 29.1 Å². The Labute approximate surface area is 126 Å². The van der Waals surface area contributed by atoms with Gasteiger partial charge in [0, 0.05) is 26.3 Å². The van der Waals surface area contributed by atoms with E-state index in [-0.39, 0.29) is 5.91 Å². The van der Waals surface area contributed by atoms with Crippen LogP contribution >= 0.6 is 23.2 Å². The van der Waals surface area contributed by atoms with Gasteiger partial charge in [0.25, 0.3) is 5.91 Å². The second kappa shape index (κ2) is 6.28. The van der Waals surface area contributed by atoms with Crippen LogP contribution in [0, 0.1) is 6.92 Å². The van der Waals surface area contributed by atoms with E-state index in [9.17, 15) is 4.79 Å². The van der Waals surface area contributed by atoms with Crippen molar-refractivity contribution in [1.29, 1.82) is 0 Å². The molecule has 108 valence electrons. The van der Waals surface area contributed by atoms with Crippen LogP contribution < -0.4 is 5.32 Å². The van der Waals surface area contributed by atoms with E-state index >= 15 is 0 Å². The Balaban J connectivity index is 1.79. The Kier molecular flexibility index (Phi) is 4.67. The molecule has 20 heavy (non-hydrogen) atoms. The number of carbonyl (C=O) groups is 1. The average Bonchev–Trinajstić information content (AvgIpc) is 2.95. The molecule has 2 aromatic rings. The van der Waals surface area contributed by atoms with Crippen LogP contribution in [0.1, 0.15) is 22.6 Å². The first-order valence-electron chi connectivity index (χ1n) is 6.15. The maximum absolute atomic E-state index is 11.7. The van der Waals surface area contributed by atoms with Crippen molar-refractivity contribution < 1.29 is 4.79 Å². The molecule has 8 heteroatoms. The maximum atomic E-state index is 11.7. The summed E-state index contributed by atoms with van der Waals surface area (Å²) < 4.78 is 3.22. The van der Waals surface area contributed by atoms with Crippen molar-refractivity contribution in [2.75, 3.05) is 6.54 Å². The molecule has 0 fully saturated rings. The van der Waals surface area contributed by atoms with Crippen LogP contribution in [-0.2, 0) is 13.6 Å². The Bertz CT molecular complexity index is 619. The number of nitrogens with zero attached hydrogens (tertiary/aromatic N) is 4. The Morgan fingerprint density at radius 2 is 2.15 bits per heavy atom. The van der Waals surface area contributed by atoms with Gasteiger partial charge in [0.1, 0.15) is 15.9 Å². The molecule has 0 radical (unpaired) electrons. The first-order valence-corrected chi connectivity index (χ1v) is 6.91. The van der Waals surface area contributed by atoms with Crippen LogP contribution in [-0.4, -0.2) is 32.0 Å². The van der Waals surface area contributed by atoms with E-state index < -0.39 is 0 Å². The number of aryl methyl sites for hydroxylation is 3. The number of halogens is 2. The summed E-state index contributed by atoms with van der Waals surface area (Å²) in [5, 5.41) is 11.9. The lowest BCUT2D eigenvalue weighted by molar-refractivity contribution is 0.0947. The molecule has 0 aliphatic rings. The third kappa shape index (κ3) is 3.32. The second-order valence-electron chi connectivity index (χ2n) is 4.40. The van der Waals surface area contributed by atoms with Gasteiger partial charge in [-0.3, -0.25) is 14.2 Å². The molecule has 0 aliphatic carbocycles. The zero-order valence-electron chi connectivity index (χ0n) is 11.2. The Morgan fingerprint density at radius 3 is 2.70 bits per heavy atom. The van der Waals surface area contributed by atoms with Gasteiger partial charge in [-0.15, -0.1) is 0 Å². The number of nitrogens with one attached hydrogen (secondary N) is 1. The van der Waals surface area contributed by atoms with Gasteiger partial charge in [0.15, 0.2) is 0 Å². The highest BCUT2D eigenvalue weighted by atomic mass is 35.5. The SMILES string of the molecule is Cc1nn(CCCNC(=O)c2ccn(C)n2)c(Cl)c1Cl. The lowest BCUT2D eigenvalue weighted by Gasteiger charge is -2.04. The van der Waals surface area contributed by atoms with Gasteiger partial charge in [-0.2, -0.15) is 10.2 Å². The molecule has 1 amide bonds. The van der Waals surface area contributed by atoms with Crippen molar-refractivity contribution in [3.8, 4) is 0 Å². The van der Waals surface area contributed by atoms with Crippen LogP contribution in [0.3, 0.4) is 0 Å². The third-order valence-corrected chi connectivity index (χ3v) is 3.71. The summed E-state index contributed by atoms with van der Waals surface area (Å²) in [6.45, 7) is 2.91. The summed E-state index contributed by atoms with van der Waals surface area (Å²) in [4.78, 5) is 11.7. The molecule has 2 heterocycles. The van der Waals surface area contributed by atoms with Crippen LogP contribution in [0.15, 0.2) is 12.3 Å². The molecule has 0 aliphatic heterocycles. The average molecular weight is 316 g/mol. The Hall–Kier alpha value is -1.53. The monoisotopic (exact) mass is 315 g/mol. The van der Waals surface area contributed by atoms with Crippen LogP contribution in [0.2, 0.25) is 10.2 Å². The summed E-state index contributed by atoms with van der Waals surface area (Å²) in [7, 11) is 1.77. The van der Waals surface area contributed by atoms with Gasteiger partial charge >= 0.3 is 0 Å². The zero-order chi connectivity index (χ0) is 14.7. The van der Waals surface area contributed by atoms with Crippen LogP contribution in [0.25, 0.3) is 0 Å². The molecule has 0 saturated heterocycles. The number of amides is 1. The fraction of sp³-hybridized carbons (Fsp3) is 0.417. The summed E-state index contributed by atoms with van der Waals surface area (Å²) in [6, 6.07) is 1.67. The van der Waals surface area contributed by atoms with E-state index in [0.717, 1.165) is 0 Å². The van der Waals surface area contributed by atoms with Crippen molar-refractivity contribution in [2.45, 2.75) is 19.9 Å². The number of rotatable bonds is 5. The number of hydrogen-bond donors (Lipinski definition) is 1. The molecule has 2 rings (SSSR count). The van der Waals surface area contributed by atoms with Crippen molar-refractivity contribution in [2.24, 2.45) is 7.05 Å². The fourth-order valence-electron chi connectivity index (χ4n) is 1.74. The maximum Gasteiger partial charge on any atom is 0.271 e. The summed E-state index contributed by atoms with van der Waals surface area (Å²) in [6.07, 6.45) is 2.43. The predicted octanol–water partition coefficient (Wildman–Crippen LogP) is 2.05. The van der Waals surface area contributed by atoms with Crippen LogP contribution in [0.4, 0.5) is 0 Å². The molecule has 0 spiro atoms.